The minimum Gasteiger partial charge on any atom is -0.324 e. The zero-order valence-electron chi connectivity index (χ0n) is 18.7. The lowest BCUT2D eigenvalue weighted by molar-refractivity contribution is -0.121. The molecule has 6 nitrogen and oxygen atoms in total. The number of halogens is 3. The Morgan fingerprint density at radius 3 is 2.61 bits per heavy atom. The lowest BCUT2D eigenvalue weighted by atomic mass is 9.98. The lowest BCUT2D eigenvalue weighted by Gasteiger charge is -2.23. The smallest absolute Gasteiger partial charge is 0.262 e. The predicted molar refractivity (Wildman–Crippen MR) is 137 cm³/mol. The van der Waals surface area contributed by atoms with Gasteiger partial charge in [0.05, 0.1) is 17.4 Å². The molecule has 2 amide bonds. The maximum Gasteiger partial charge on any atom is 0.262 e. The zero-order valence-corrected chi connectivity index (χ0v) is 20.3. The van der Waals surface area contributed by atoms with Gasteiger partial charge in [-0.3, -0.25) is 9.59 Å². The number of benzene rings is 3. The van der Waals surface area contributed by atoms with E-state index in [0.29, 0.717) is 22.3 Å². The van der Waals surface area contributed by atoms with E-state index in [4.69, 9.17) is 16.7 Å². The van der Waals surface area contributed by atoms with Crippen molar-refractivity contribution in [2.45, 2.75) is 24.1 Å². The summed E-state index contributed by atoms with van der Waals surface area (Å²) in [4.78, 5) is 29.4. The molecular weight excluding hydrogens is 506 g/mol. The lowest BCUT2D eigenvalue weighted by Crippen LogP contribution is -2.25. The number of amidine groups is 1. The third-order valence-corrected chi connectivity index (χ3v) is 7.14. The van der Waals surface area contributed by atoms with Crippen LogP contribution in [0, 0.1) is 11.6 Å². The molecule has 2 heterocycles. The molecule has 3 aromatic rings. The minimum atomic E-state index is -0.767. The summed E-state index contributed by atoms with van der Waals surface area (Å²) in [6, 6.07) is 18.9. The first-order valence-electron chi connectivity index (χ1n) is 11.1. The molecule has 0 spiro atoms. The van der Waals surface area contributed by atoms with E-state index in [0.717, 1.165) is 22.9 Å². The van der Waals surface area contributed by atoms with Crippen LogP contribution in [0.15, 0.2) is 82.9 Å². The number of hydrogen-bond donors (Lipinski definition) is 1. The average Bonchev–Trinajstić information content (AvgIpc) is 3.45. The van der Waals surface area contributed by atoms with Crippen molar-refractivity contribution in [3.8, 4) is 0 Å². The number of carbonyl (C=O) groups is 2. The van der Waals surface area contributed by atoms with E-state index >= 15 is 0 Å². The van der Waals surface area contributed by atoms with Crippen molar-refractivity contribution < 1.29 is 18.4 Å². The Morgan fingerprint density at radius 1 is 1.08 bits per heavy atom. The summed E-state index contributed by atoms with van der Waals surface area (Å²) in [5.41, 5.74) is 2.38. The van der Waals surface area contributed by atoms with E-state index in [1.165, 1.54) is 30.3 Å². The topological polar surface area (TPSA) is 74.1 Å². The molecule has 5 rings (SSSR count). The Balaban J connectivity index is 1.36. The molecule has 10 heteroatoms. The fourth-order valence-electron chi connectivity index (χ4n) is 4.01. The molecule has 0 radical (unpaired) electrons. The normalized spacial score (nSPS) is 19.3. The number of carbonyl (C=O) groups excluding carboxylic acids is 2. The van der Waals surface area contributed by atoms with Crippen molar-refractivity contribution in [2.24, 2.45) is 10.1 Å². The van der Waals surface area contributed by atoms with Crippen LogP contribution in [0.2, 0.25) is 5.02 Å². The van der Waals surface area contributed by atoms with Gasteiger partial charge in [-0.25, -0.2) is 13.8 Å². The molecule has 0 aromatic heterocycles. The molecule has 0 aliphatic carbocycles. The number of amides is 2. The number of rotatable bonds is 5. The van der Waals surface area contributed by atoms with Crippen LogP contribution in [-0.2, 0) is 9.59 Å². The highest BCUT2D eigenvalue weighted by Crippen LogP contribution is 2.39. The van der Waals surface area contributed by atoms with Crippen LogP contribution in [0.1, 0.15) is 30.0 Å². The SMILES string of the molecule is O=C(CC1SC(N2N=C(c3ccc(F)cc3)CC2c2cccc(Cl)c2)=NC1=O)Nc1ccccc1F. The molecule has 3 aromatic carbocycles. The number of hydrogen-bond acceptors (Lipinski definition) is 5. The Hall–Kier alpha value is -3.56. The quantitative estimate of drug-likeness (QED) is 0.458. The van der Waals surface area contributed by atoms with Gasteiger partial charge in [-0.2, -0.15) is 10.1 Å². The highest BCUT2D eigenvalue weighted by molar-refractivity contribution is 8.15. The summed E-state index contributed by atoms with van der Waals surface area (Å²) >= 11 is 7.36. The van der Waals surface area contributed by atoms with Gasteiger partial charge in [0, 0.05) is 17.9 Å². The molecular formula is C26H19ClF2N4O2S. The van der Waals surface area contributed by atoms with Gasteiger partial charge in [0.1, 0.15) is 16.9 Å². The van der Waals surface area contributed by atoms with Gasteiger partial charge in [-0.05, 0) is 47.5 Å². The van der Waals surface area contributed by atoms with Crippen LogP contribution >= 0.6 is 23.4 Å². The van der Waals surface area contributed by atoms with Gasteiger partial charge in [0.2, 0.25) is 5.91 Å². The van der Waals surface area contributed by atoms with Crippen molar-refractivity contribution in [1.29, 1.82) is 0 Å². The maximum absolute atomic E-state index is 13.9. The number of aliphatic imine (C=N–C) groups is 1. The van der Waals surface area contributed by atoms with Gasteiger partial charge < -0.3 is 5.32 Å². The summed E-state index contributed by atoms with van der Waals surface area (Å²) in [5, 5.41) is 9.01. The summed E-state index contributed by atoms with van der Waals surface area (Å²) in [6.45, 7) is 0. The first kappa shape index (κ1) is 24.1. The third-order valence-electron chi connectivity index (χ3n) is 5.76. The van der Waals surface area contributed by atoms with Crippen LogP contribution in [0.5, 0.6) is 0 Å². The van der Waals surface area contributed by atoms with Crippen LogP contribution in [0.4, 0.5) is 14.5 Å². The van der Waals surface area contributed by atoms with Gasteiger partial charge in [0.15, 0.2) is 5.17 Å². The number of nitrogens with one attached hydrogen (secondary N) is 1. The van der Waals surface area contributed by atoms with Gasteiger partial charge in [-0.15, -0.1) is 0 Å². The maximum atomic E-state index is 13.9. The van der Waals surface area contributed by atoms with Crippen molar-refractivity contribution in [3.63, 3.8) is 0 Å². The Labute approximate surface area is 215 Å². The Morgan fingerprint density at radius 2 is 1.86 bits per heavy atom. The molecule has 2 aliphatic rings. The van der Waals surface area contributed by atoms with Crippen LogP contribution in [0.3, 0.4) is 0 Å². The van der Waals surface area contributed by atoms with E-state index in [2.05, 4.69) is 10.3 Å². The van der Waals surface area contributed by atoms with E-state index in [9.17, 15) is 18.4 Å². The molecule has 0 saturated heterocycles. The van der Waals surface area contributed by atoms with Gasteiger partial charge in [-0.1, -0.05) is 59.8 Å². The zero-order chi connectivity index (χ0) is 25.2. The number of thioether (sulfide) groups is 1. The molecule has 36 heavy (non-hydrogen) atoms. The van der Waals surface area contributed by atoms with Crippen molar-refractivity contribution in [1.82, 2.24) is 5.01 Å². The van der Waals surface area contributed by atoms with Crippen molar-refractivity contribution >= 4 is 51.7 Å². The molecule has 0 fully saturated rings. The standard InChI is InChI=1S/C26H19ClF2N4O2S/c27-17-5-3-4-16(12-17)22-13-21(15-8-10-18(28)11-9-15)32-33(22)26-31-25(35)23(36-26)14-24(34)30-20-7-2-1-6-19(20)29/h1-12,22-23H,13-14H2,(H,30,34). The van der Waals surface area contributed by atoms with E-state index in [1.54, 1.807) is 29.3 Å². The summed E-state index contributed by atoms with van der Waals surface area (Å²) in [5.74, 6) is -1.87. The van der Waals surface area contributed by atoms with Crippen LogP contribution < -0.4 is 5.32 Å². The van der Waals surface area contributed by atoms with E-state index < -0.39 is 22.9 Å². The van der Waals surface area contributed by atoms with Crippen LogP contribution in [-0.4, -0.2) is 33.0 Å². The van der Waals surface area contributed by atoms with Gasteiger partial charge >= 0.3 is 0 Å². The number of para-hydroxylation sites is 1. The van der Waals surface area contributed by atoms with Crippen molar-refractivity contribution in [2.75, 3.05) is 5.32 Å². The third kappa shape index (κ3) is 5.17. The predicted octanol–water partition coefficient (Wildman–Crippen LogP) is 5.80. The average molecular weight is 525 g/mol. The first-order valence-corrected chi connectivity index (χ1v) is 12.3. The number of nitrogens with zero attached hydrogens (tertiary/aromatic N) is 3. The van der Waals surface area contributed by atoms with Crippen molar-refractivity contribution in [3.05, 3.63) is 101 Å². The second-order valence-corrected chi connectivity index (χ2v) is 9.85. The molecule has 182 valence electrons. The Bertz CT molecular complexity index is 1400. The van der Waals surface area contributed by atoms with E-state index in [1.807, 2.05) is 18.2 Å². The molecule has 2 atom stereocenters. The molecule has 2 unspecified atom stereocenters. The summed E-state index contributed by atoms with van der Waals surface area (Å²) in [7, 11) is 0. The molecule has 2 aliphatic heterocycles. The van der Waals surface area contributed by atoms with Crippen LogP contribution in [0.25, 0.3) is 0 Å². The molecule has 0 bridgehead atoms. The largest absolute Gasteiger partial charge is 0.324 e. The van der Waals surface area contributed by atoms with E-state index in [-0.39, 0.29) is 24.0 Å². The summed E-state index contributed by atoms with van der Waals surface area (Å²) in [6.07, 6.45) is 0.313. The number of anilines is 1. The molecule has 0 saturated carbocycles. The second kappa shape index (κ2) is 10.2. The highest BCUT2D eigenvalue weighted by Gasteiger charge is 2.39. The fourth-order valence-corrected chi connectivity index (χ4v) is 5.27. The fraction of sp³-hybridized carbons (Fsp3) is 0.154. The second-order valence-electron chi connectivity index (χ2n) is 8.24. The summed E-state index contributed by atoms with van der Waals surface area (Å²) < 4.78 is 27.3. The number of hydrazone groups is 1. The monoisotopic (exact) mass is 524 g/mol. The minimum absolute atomic E-state index is 0.0493. The Kier molecular flexibility index (Phi) is 6.84. The highest BCUT2D eigenvalue weighted by atomic mass is 35.5. The molecule has 1 N–H and O–H groups in total. The van der Waals surface area contributed by atoms with Gasteiger partial charge in [0.25, 0.3) is 5.91 Å². The first-order chi connectivity index (χ1) is 17.4.